The summed E-state index contributed by atoms with van der Waals surface area (Å²) in [5.41, 5.74) is 0.123. The molecule has 0 unspecified atom stereocenters. The average molecular weight is 303 g/mol. The minimum atomic E-state index is -4.80. The lowest BCUT2D eigenvalue weighted by Gasteiger charge is -2.21. The quantitative estimate of drug-likeness (QED) is 0.930. The van der Waals surface area contributed by atoms with Crippen LogP contribution in [0.2, 0.25) is 0 Å². The number of hydrogen-bond acceptors (Lipinski definition) is 3. The van der Waals surface area contributed by atoms with Crippen LogP contribution in [0.1, 0.15) is 23.2 Å². The lowest BCUT2D eigenvalue weighted by Crippen LogP contribution is -2.40. The van der Waals surface area contributed by atoms with Gasteiger partial charge in [0.2, 0.25) is 0 Å². The summed E-state index contributed by atoms with van der Waals surface area (Å²) in [6, 6.07) is 3.52. The number of likely N-dealkylation sites (tertiary alicyclic amines) is 1. The molecule has 1 fully saturated rings. The van der Waals surface area contributed by atoms with Gasteiger partial charge in [0, 0.05) is 12.1 Å². The van der Waals surface area contributed by atoms with E-state index in [1.807, 2.05) is 0 Å². The Balaban J connectivity index is 2.11. The van der Waals surface area contributed by atoms with Crippen LogP contribution in [-0.4, -0.2) is 40.8 Å². The number of benzene rings is 1. The van der Waals surface area contributed by atoms with Crippen LogP contribution in [0.25, 0.3) is 0 Å². The highest BCUT2D eigenvalue weighted by Crippen LogP contribution is 2.24. The van der Waals surface area contributed by atoms with Gasteiger partial charge in [-0.15, -0.1) is 13.2 Å². The Morgan fingerprint density at radius 1 is 1.24 bits per heavy atom. The fourth-order valence-electron chi connectivity index (χ4n) is 2.23. The van der Waals surface area contributed by atoms with Crippen molar-refractivity contribution in [1.82, 2.24) is 4.90 Å². The van der Waals surface area contributed by atoms with Crippen LogP contribution in [0.4, 0.5) is 13.2 Å². The van der Waals surface area contributed by atoms with Gasteiger partial charge < -0.3 is 14.7 Å². The molecule has 1 N–H and O–H groups in total. The van der Waals surface area contributed by atoms with Gasteiger partial charge >= 0.3 is 12.3 Å². The molecule has 5 nitrogen and oxygen atoms in total. The highest BCUT2D eigenvalue weighted by molar-refractivity contribution is 5.97. The third-order valence-corrected chi connectivity index (χ3v) is 3.13. The second-order valence-electron chi connectivity index (χ2n) is 4.57. The third kappa shape index (κ3) is 3.65. The minimum Gasteiger partial charge on any atom is -0.480 e. The predicted molar refractivity (Wildman–Crippen MR) is 64.8 cm³/mol. The van der Waals surface area contributed by atoms with E-state index in [9.17, 15) is 22.8 Å². The van der Waals surface area contributed by atoms with Gasteiger partial charge in [-0.05, 0) is 37.1 Å². The first-order valence-corrected chi connectivity index (χ1v) is 6.17. The molecule has 8 heteroatoms. The molecule has 1 saturated heterocycles. The van der Waals surface area contributed by atoms with Crippen molar-refractivity contribution in [1.29, 1.82) is 0 Å². The number of amides is 1. The summed E-state index contributed by atoms with van der Waals surface area (Å²) < 4.78 is 39.8. The number of ether oxygens (including phenoxy) is 1. The van der Waals surface area contributed by atoms with Gasteiger partial charge in [-0.1, -0.05) is 0 Å². The Morgan fingerprint density at radius 2 is 1.86 bits per heavy atom. The molecule has 0 aromatic heterocycles. The second kappa shape index (κ2) is 5.63. The van der Waals surface area contributed by atoms with Gasteiger partial charge in [0.05, 0.1) is 0 Å². The number of halogens is 3. The molecule has 0 spiro atoms. The van der Waals surface area contributed by atoms with E-state index in [1.165, 1.54) is 17.0 Å². The summed E-state index contributed by atoms with van der Waals surface area (Å²) in [6.45, 7) is 0.316. The molecule has 0 saturated carbocycles. The van der Waals surface area contributed by atoms with Gasteiger partial charge in [-0.3, -0.25) is 4.79 Å². The number of carboxylic acid groups (broad SMARTS) is 1. The molecule has 1 atom stereocenters. The average Bonchev–Trinajstić information content (AvgIpc) is 2.86. The van der Waals surface area contributed by atoms with Crippen molar-refractivity contribution >= 4 is 11.9 Å². The Morgan fingerprint density at radius 3 is 2.38 bits per heavy atom. The van der Waals surface area contributed by atoms with Gasteiger partial charge in [0.15, 0.2) is 0 Å². The van der Waals surface area contributed by atoms with E-state index in [2.05, 4.69) is 4.74 Å². The number of nitrogens with zero attached hydrogens (tertiary/aromatic N) is 1. The SMILES string of the molecule is O=C(O)[C@H]1CCCN1C(=O)c1ccc(OC(F)(F)F)cc1. The number of alkyl halides is 3. The number of rotatable bonds is 3. The van der Waals surface area contributed by atoms with E-state index in [-0.39, 0.29) is 5.56 Å². The van der Waals surface area contributed by atoms with Crippen molar-refractivity contribution in [2.45, 2.75) is 25.2 Å². The fraction of sp³-hybridized carbons (Fsp3) is 0.385. The van der Waals surface area contributed by atoms with Crippen LogP contribution >= 0.6 is 0 Å². The summed E-state index contributed by atoms with van der Waals surface area (Å²) in [5, 5.41) is 9.01. The van der Waals surface area contributed by atoms with Crippen molar-refractivity contribution < 1.29 is 32.6 Å². The van der Waals surface area contributed by atoms with E-state index < -0.39 is 30.0 Å². The van der Waals surface area contributed by atoms with Gasteiger partial charge in [0.25, 0.3) is 5.91 Å². The third-order valence-electron chi connectivity index (χ3n) is 3.13. The Kier molecular flexibility index (Phi) is 4.06. The van der Waals surface area contributed by atoms with E-state index >= 15 is 0 Å². The molecular formula is C13H12F3NO4. The molecule has 114 valence electrons. The highest BCUT2D eigenvalue weighted by Gasteiger charge is 2.34. The van der Waals surface area contributed by atoms with Crippen molar-refractivity contribution in [3.63, 3.8) is 0 Å². The lowest BCUT2D eigenvalue weighted by atomic mass is 10.1. The summed E-state index contributed by atoms with van der Waals surface area (Å²) in [6.07, 6.45) is -3.84. The molecule has 2 rings (SSSR count). The number of carboxylic acids is 1. The maximum atomic E-state index is 12.2. The first-order chi connectivity index (χ1) is 9.78. The maximum absolute atomic E-state index is 12.2. The van der Waals surface area contributed by atoms with Gasteiger partial charge in [-0.2, -0.15) is 0 Å². The maximum Gasteiger partial charge on any atom is 0.573 e. The van der Waals surface area contributed by atoms with E-state index in [4.69, 9.17) is 5.11 Å². The topological polar surface area (TPSA) is 66.8 Å². The number of hydrogen-bond donors (Lipinski definition) is 1. The fourth-order valence-corrected chi connectivity index (χ4v) is 2.23. The zero-order chi connectivity index (χ0) is 15.6. The van der Waals surface area contributed by atoms with Crippen LogP contribution in [0.5, 0.6) is 5.75 Å². The van der Waals surface area contributed by atoms with Crippen molar-refractivity contribution in [3.05, 3.63) is 29.8 Å². The molecular weight excluding hydrogens is 291 g/mol. The monoisotopic (exact) mass is 303 g/mol. The number of carbonyl (C=O) groups excluding carboxylic acids is 1. The van der Waals surface area contributed by atoms with Gasteiger partial charge in [-0.25, -0.2) is 4.79 Å². The zero-order valence-corrected chi connectivity index (χ0v) is 10.8. The molecule has 0 bridgehead atoms. The molecule has 21 heavy (non-hydrogen) atoms. The van der Waals surface area contributed by atoms with Crippen LogP contribution < -0.4 is 4.74 Å². The summed E-state index contributed by atoms with van der Waals surface area (Å²) in [5.74, 6) is -2.04. The summed E-state index contributed by atoms with van der Waals surface area (Å²) >= 11 is 0. The number of aliphatic carboxylic acids is 1. The van der Waals surface area contributed by atoms with Crippen LogP contribution in [-0.2, 0) is 4.79 Å². The Bertz CT molecular complexity index is 541. The van der Waals surface area contributed by atoms with Crippen LogP contribution in [0.3, 0.4) is 0 Å². The van der Waals surface area contributed by atoms with Crippen molar-refractivity contribution in [2.75, 3.05) is 6.54 Å². The molecule has 0 radical (unpaired) electrons. The van der Waals surface area contributed by atoms with E-state index in [0.717, 1.165) is 12.1 Å². The van der Waals surface area contributed by atoms with E-state index in [1.54, 1.807) is 0 Å². The predicted octanol–water partition coefficient (Wildman–Crippen LogP) is 2.27. The molecule has 1 aromatic carbocycles. The zero-order valence-electron chi connectivity index (χ0n) is 10.8. The van der Waals surface area contributed by atoms with Crippen LogP contribution in [0.15, 0.2) is 24.3 Å². The normalized spacial score (nSPS) is 18.6. The first-order valence-electron chi connectivity index (χ1n) is 6.17. The lowest BCUT2D eigenvalue weighted by molar-refractivity contribution is -0.274. The Labute approximate surface area is 117 Å². The molecule has 1 aliphatic heterocycles. The number of carbonyl (C=O) groups is 2. The molecule has 1 amide bonds. The smallest absolute Gasteiger partial charge is 0.480 e. The van der Waals surface area contributed by atoms with E-state index in [0.29, 0.717) is 19.4 Å². The van der Waals surface area contributed by atoms with Crippen molar-refractivity contribution in [2.24, 2.45) is 0 Å². The van der Waals surface area contributed by atoms with Gasteiger partial charge in [0.1, 0.15) is 11.8 Å². The largest absolute Gasteiger partial charge is 0.573 e. The molecule has 1 aliphatic rings. The summed E-state index contributed by atoms with van der Waals surface area (Å²) in [7, 11) is 0. The molecule has 1 heterocycles. The highest BCUT2D eigenvalue weighted by atomic mass is 19.4. The first kappa shape index (κ1) is 15.1. The van der Waals surface area contributed by atoms with Crippen LogP contribution in [0, 0.1) is 0 Å². The van der Waals surface area contributed by atoms with Crippen molar-refractivity contribution in [3.8, 4) is 5.75 Å². The molecule has 0 aliphatic carbocycles. The Hall–Kier alpha value is -2.25. The second-order valence-corrected chi connectivity index (χ2v) is 4.57. The summed E-state index contributed by atoms with van der Waals surface area (Å²) in [4.78, 5) is 24.4. The minimum absolute atomic E-state index is 0.123. The standard InChI is InChI=1S/C13H12F3NO4/c14-13(15,16)21-9-5-3-8(4-6-9)11(18)17-7-1-2-10(17)12(19)20/h3-6,10H,1-2,7H2,(H,19,20)/t10-/m1/s1. The molecule has 1 aromatic rings.